The predicted octanol–water partition coefficient (Wildman–Crippen LogP) is 5.51. The van der Waals surface area contributed by atoms with Crippen molar-refractivity contribution in [2.24, 2.45) is 0 Å². The smallest absolute Gasteiger partial charge is 0.211 e. The van der Waals surface area contributed by atoms with E-state index in [0.29, 0.717) is 17.9 Å². The van der Waals surface area contributed by atoms with Crippen molar-refractivity contribution in [1.82, 2.24) is 4.72 Å². The Hall–Kier alpha value is -2.08. The van der Waals surface area contributed by atoms with Crippen molar-refractivity contribution in [3.8, 4) is 0 Å². The standard InChI is InChI=1S/C23H25NO2S2/c1-18-8-12-21(13-9-18)27-23(20-6-4-3-5-7-20)16-17-24-28(25,26)22-14-10-19(2)11-15-22/h3-15,23-24H,16-17H2,1-2H3. The van der Waals surface area contributed by atoms with Crippen molar-refractivity contribution >= 4 is 21.8 Å². The fourth-order valence-electron chi connectivity index (χ4n) is 2.87. The minimum absolute atomic E-state index is 0.171. The third kappa shape index (κ3) is 5.71. The molecule has 0 fully saturated rings. The van der Waals surface area contributed by atoms with Gasteiger partial charge in [-0.1, -0.05) is 65.7 Å². The fraction of sp³-hybridized carbons (Fsp3) is 0.217. The molecule has 0 aliphatic heterocycles. The first kappa shape index (κ1) is 20.6. The molecule has 28 heavy (non-hydrogen) atoms. The average molecular weight is 412 g/mol. The van der Waals surface area contributed by atoms with Crippen LogP contribution in [0.3, 0.4) is 0 Å². The lowest BCUT2D eigenvalue weighted by Crippen LogP contribution is -2.25. The van der Waals surface area contributed by atoms with E-state index >= 15 is 0 Å². The zero-order valence-electron chi connectivity index (χ0n) is 16.1. The van der Waals surface area contributed by atoms with Crippen molar-refractivity contribution in [3.63, 3.8) is 0 Å². The molecule has 0 spiro atoms. The summed E-state index contributed by atoms with van der Waals surface area (Å²) in [5.74, 6) is 0. The number of aryl methyl sites for hydroxylation is 2. The van der Waals surface area contributed by atoms with E-state index in [4.69, 9.17) is 0 Å². The van der Waals surface area contributed by atoms with Crippen LogP contribution >= 0.6 is 11.8 Å². The maximum Gasteiger partial charge on any atom is 0.240 e. The van der Waals surface area contributed by atoms with Crippen molar-refractivity contribution in [1.29, 1.82) is 0 Å². The molecule has 0 bridgehead atoms. The molecule has 5 heteroatoms. The molecule has 1 unspecified atom stereocenters. The molecule has 0 amide bonds. The van der Waals surface area contributed by atoms with Crippen molar-refractivity contribution in [2.75, 3.05) is 6.54 Å². The summed E-state index contributed by atoms with van der Waals surface area (Å²) < 4.78 is 27.8. The monoisotopic (exact) mass is 411 g/mol. The van der Waals surface area contributed by atoms with Gasteiger partial charge in [0, 0.05) is 16.7 Å². The van der Waals surface area contributed by atoms with Crippen LogP contribution in [0.25, 0.3) is 0 Å². The van der Waals surface area contributed by atoms with Gasteiger partial charge in [-0.3, -0.25) is 0 Å². The van der Waals surface area contributed by atoms with Crippen molar-refractivity contribution in [2.45, 2.75) is 35.3 Å². The highest BCUT2D eigenvalue weighted by Crippen LogP contribution is 2.37. The first-order valence-corrected chi connectivity index (χ1v) is 11.6. The van der Waals surface area contributed by atoms with Crippen LogP contribution in [0.4, 0.5) is 0 Å². The number of nitrogens with one attached hydrogen (secondary N) is 1. The minimum Gasteiger partial charge on any atom is -0.211 e. The van der Waals surface area contributed by atoms with Crippen molar-refractivity contribution in [3.05, 3.63) is 95.6 Å². The molecule has 0 saturated carbocycles. The summed E-state index contributed by atoms with van der Waals surface area (Å²) in [6, 6.07) is 25.6. The number of hydrogen-bond acceptors (Lipinski definition) is 3. The van der Waals surface area contributed by atoms with E-state index in [2.05, 4.69) is 48.0 Å². The lowest BCUT2D eigenvalue weighted by molar-refractivity contribution is 0.578. The first-order valence-electron chi connectivity index (χ1n) is 9.29. The fourth-order valence-corrected chi connectivity index (χ4v) is 5.07. The number of benzene rings is 3. The maximum atomic E-state index is 12.5. The Morgan fingerprint density at radius 1 is 0.821 bits per heavy atom. The summed E-state index contributed by atoms with van der Waals surface area (Å²) in [5.41, 5.74) is 3.46. The van der Waals surface area contributed by atoms with Gasteiger partial charge in [-0.2, -0.15) is 0 Å². The van der Waals surface area contributed by atoms with Crippen LogP contribution in [0, 0.1) is 13.8 Å². The van der Waals surface area contributed by atoms with Crippen LogP contribution in [0.2, 0.25) is 0 Å². The van der Waals surface area contributed by atoms with Gasteiger partial charge in [0.25, 0.3) is 0 Å². The van der Waals surface area contributed by atoms with Gasteiger partial charge in [0.2, 0.25) is 10.0 Å². The van der Waals surface area contributed by atoms with E-state index in [9.17, 15) is 8.42 Å². The molecule has 0 aliphatic carbocycles. The topological polar surface area (TPSA) is 46.2 Å². The van der Waals surface area contributed by atoms with Gasteiger partial charge in [-0.05, 0) is 50.1 Å². The van der Waals surface area contributed by atoms with Crippen LogP contribution in [0.5, 0.6) is 0 Å². The molecule has 0 radical (unpaired) electrons. The Labute approximate surface area is 172 Å². The molecule has 1 N–H and O–H groups in total. The third-order valence-electron chi connectivity index (χ3n) is 4.50. The van der Waals surface area contributed by atoms with Crippen LogP contribution < -0.4 is 4.72 Å². The molecule has 3 rings (SSSR count). The van der Waals surface area contributed by atoms with E-state index in [1.54, 1.807) is 23.9 Å². The maximum absolute atomic E-state index is 12.5. The Morgan fingerprint density at radius 2 is 1.39 bits per heavy atom. The second kappa shape index (κ2) is 9.41. The molecule has 1 atom stereocenters. The highest BCUT2D eigenvalue weighted by atomic mass is 32.2. The Morgan fingerprint density at radius 3 is 2.00 bits per heavy atom. The molecule has 0 saturated heterocycles. The third-order valence-corrected chi connectivity index (χ3v) is 7.31. The molecule has 3 aromatic carbocycles. The first-order chi connectivity index (χ1) is 13.4. The molecular formula is C23H25NO2S2. The summed E-state index contributed by atoms with van der Waals surface area (Å²) in [7, 11) is -3.49. The highest BCUT2D eigenvalue weighted by molar-refractivity contribution is 7.99. The van der Waals surface area contributed by atoms with E-state index in [1.807, 2.05) is 37.3 Å². The van der Waals surface area contributed by atoms with Crippen LogP contribution in [0.1, 0.15) is 28.4 Å². The minimum atomic E-state index is -3.49. The van der Waals surface area contributed by atoms with E-state index < -0.39 is 10.0 Å². The summed E-state index contributed by atoms with van der Waals surface area (Å²) >= 11 is 1.76. The normalized spacial score (nSPS) is 12.6. The summed E-state index contributed by atoms with van der Waals surface area (Å²) in [6.45, 7) is 4.40. The second-order valence-corrected chi connectivity index (χ2v) is 9.87. The molecule has 3 aromatic rings. The summed E-state index contributed by atoms with van der Waals surface area (Å²) in [4.78, 5) is 1.49. The number of hydrogen-bond donors (Lipinski definition) is 1. The average Bonchev–Trinajstić information content (AvgIpc) is 2.70. The lowest BCUT2D eigenvalue weighted by Gasteiger charge is -2.18. The zero-order chi connectivity index (χ0) is 20.0. The lowest BCUT2D eigenvalue weighted by atomic mass is 10.1. The molecule has 0 heterocycles. The largest absolute Gasteiger partial charge is 0.240 e. The SMILES string of the molecule is Cc1ccc(SC(CCNS(=O)(=O)c2ccc(C)cc2)c2ccccc2)cc1. The van der Waals surface area contributed by atoms with E-state index in [1.165, 1.54) is 16.0 Å². The van der Waals surface area contributed by atoms with Crippen molar-refractivity contribution < 1.29 is 8.42 Å². The number of thioether (sulfide) groups is 1. The van der Waals surface area contributed by atoms with Gasteiger partial charge in [-0.25, -0.2) is 13.1 Å². The van der Waals surface area contributed by atoms with Crippen LogP contribution in [0.15, 0.2) is 88.7 Å². The highest BCUT2D eigenvalue weighted by Gasteiger charge is 2.17. The van der Waals surface area contributed by atoms with Gasteiger partial charge >= 0.3 is 0 Å². The van der Waals surface area contributed by atoms with Gasteiger partial charge in [0.05, 0.1) is 4.90 Å². The van der Waals surface area contributed by atoms with Gasteiger partial charge in [0.1, 0.15) is 0 Å². The molecule has 146 valence electrons. The van der Waals surface area contributed by atoms with Crippen LogP contribution in [-0.4, -0.2) is 15.0 Å². The molecule has 3 nitrogen and oxygen atoms in total. The molecule has 0 aromatic heterocycles. The summed E-state index contributed by atoms with van der Waals surface area (Å²) in [6.07, 6.45) is 0.702. The number of sulfonamides is 1. The van der Waals surface area contributed by atoms with Gasteiger partial charge in [0.15, 0.2) is 0 Å². The van der Waals surface area contributed by atoms with E-state index in [0.717, 1.165) is 5.56 Å². The number of rotatable bonds is 8. The zero-order valence-corrected chi connectivity index (χ0v) is 17.8. The Kier molecular flexibility index (Phi) is 6.94. The second-order valence-electron chi connectivity index (χ2n) is 6.83. The predicted molar refractivity (Wildman–Crippen MR) is 117 cm³/mol. The Bertz CT molecular complexity index is 983. The van der Waals surface area contributed by atoms with Gasteiger partial charge in [-0.15, -0.1) is 11.8 Å². The van der Waals surface area contributed by atoms with Gasteiger partial charge < -0.3 is 0 Å². The molecule has 0 aliphatic rings. The van der Waals surface area contributed by atoms with Crippen LogP contribution in [-0.2, 0) is 10.0 Å². The quantitative estimate of drug-likeness (QED) is 0.498. The molecular weight excluding hydrogens is 386 g/mol. The van der Waals surface area contributed by atoms with E-state index in [-0.39, 0.29) is 5.25 Å². The summed E-state index contributed by atoms with van der Waals surface area (Å²) in [5, 5.41) is 0.171. The Balaban J connectivity index is 1.69.